The summed E-state index contributed by atoms with van der Waals surface area (Å²) in [5.41, 5.74) is 0.295. The Balaban J connectivity index is 0.660. The molecule has 0 unspecified atom stereocenters. The molecule has 0 radical (unpaired) electrons. The van der Waals surface area contributed by atoms with E-state index in [1.54, 1.807) is 0 Å². The lowest BCUT2D eigenvalue weighted by Crippen LogP contribution is -2.61. The summed E-state index contributed by atoms with van der Waals surface area (Å²) >= 11 is 0. The zero-order valence-corrected chi connectivity index (χ0v) is 49.5. The first-order valence-corrected chi connectivity index (χ1v) is 33.0. The van der Waals surface area contributed by atoms with E-state index in [-0.39, 0.29) is 27.6 Å². The maximum atomic E-state index is 6.73. The van der Waals surface area contributed by atoms with E-state index in [0.717, 1.165) is 24.9 Å². The van der Waals surface area contributed by atoms with Crippen LogP contribution in [0, 0.1) is 17.3 Å². The Morgan fingerprint density at radius 1 is 0.380 bits per heavy atom. The van der Waals surface area contributed by atoms with Gasteiger partial charge in [0.1, 0.15) is 0 Å². The number of hydrogen-bond acceptors (Lipinski definition) is 10. The molecule has 4 aliphatic heterocycles. The van der Waals surface area contributed by atoms with Gasteiger partial charge in [-0.25, -0.2) is 0 Å². The van der Waals surface area contributed by atoms with Crippen molar-refractivity contribution in [2.75, 3.05) is 39.5 Å². The lowest BCUT2D eigenvalue weighted by molar-refractivity contribution is -0.314. The van der Waals surface area contributed by atoms with Gasteiger partial charge in [-0.15, -0.1) is 0 Å². The average Bonchev–Trinajstić information content (AvgIpc) is 3.33. The van der Waals surface area contributed by atoms with E-state index in [1.807, 2.05) is 0 Å². The second-order valence-electron chi connectivity index (χ2n) is 26.7. The highest BCUT2D eigenvalue weighted by Crippen LogP contribution is 2.50. The SMILES string of the molecule is CC1(C)CC(CCCCCCCCCCCCNP2OCC3(CO2)COP(NCCCCCCCCCCCCC2CC(C)(C)N(OC4CCCCC4)C(C)(C)C2)OC3)CC(C)(C)N1OC1CCCCC1. The molecule has 10 nitrogen and oxygen atoms in total. The van der Waals surface area contributed by atoms with Crippen molar-refractivity contribution in [3.05, 3.63) is 0 Å². The molecule has 0 aromatic heterocycles. The zero-order chi connectivity index (χ0) is 50.5. The van der Waals surface area contributed by atoms with Gasteiger partial charge >= 0.3 is 0 Å². The van der Waals surface area contributed by atoms with E-state index in [0.29, 0.717) is 38.6 Å². The predicted octanol–water partition coefficient (Wildman–Crippen LogP) is 17.3. The molecular weight excluding hydrogens is 923 g/mol. The van der Waals surface area contributed by atoms with Crippen LogP contribution in [0.1, 0.15) is 287 Å². The van der Waals surface area contributed by atoms with E-state index in [1.165, 1.54) is 231 Å². The highest BCUT2D eigenvalue weighted by molar-refractivity contribution is 7.45. The molecule has 0 aromatic carbocycles. The zero-order valence-electron chi connectivity index (χ0n) is 47.7. The Bertz CT molecular complexity index is 1270. The highest BCUT2D eigenvalue weighted by Gasteiger charge is 2.49. The van der Waals surface area contributed by atoms with Crippen molar-refractivity contribution in [3.63, 3.8) is 0 Å². The summed E-state index contributed by atoms with van der Waals surface area (Å²) < 4.78 is 24.7. The Kier molecular flexibility index (Phi) is 26.6. The van der Waals surface area contributed by atoms with Crippen molar-refractivity contribution < 1.29 is 27.8 Å². The van der Waals surface area contributed by atoms with Crippen molar-refractivity contribution in [3.8, 4) is 0 Å². The number of hydrogen-bond donors (Lipinski definition) is 2. The fourth-order valence-electron chi connectivity index (χ4n) is 14.1. The minimum atomic E-state index is -1.01. The number of piperidine rings is 2. The van der Waals surface area contributed by atoms with Gasteiger partial charge in [0.05, 0.1) is 44.1 Å². The molecule has 2 aliphatic carbocycles. The van der Waals surface area contributed by atoms with E-state index >= 15 is 0 Å². The molecule has 12 heteroatoms. The molecule has 6 rings (SSSR count). The fourth-order valence-corrected chi connectivity index (χ4v) is 16.9. The van der Waals surface area contributed by atoms with Gasteiger partial charge in [0.15, 0.2) is 0 Å². The molecule has 416 valence electrons. The molecule has 1 spiro atoms. The van der Waals surface area contributed by atoms with Crippen molar-refractivity contribution in [1.29, 1.82) is 0 Å². The van der Waals surface area contributed by atoms with Crippen LogP contribution in [-0.2, 0) is 27.8 Å². The minimum Gasteiger partial charge on any atom is -0.321 e. The molecule has 2 saturated carbocycles. The van der Waals surface area contributed by atoms with Gasteiger partial charge in [0.2, 0.25) is 0 Å². The summed E-state index contributed by atoms with van der Waals surface area (Å²) in [5, 5.41) is 11.9. The normalized spacial score (nSPS) is 28.2. The van der Waals surface area contributed by atoms with Gasteiger partial charge in [-0.1, -0.05) is 167 Å². The molecule has 2 N–H and O–H groups in total. The number of nitrogens with one attached hydrogen (secondary N) is 2. The minimum absolute atomic E-state index is 0.117. The highest BCUT2D eigenvalue weighted by atomic mass is 31.2. The maximum Gasteiger partial charge on any atom is 0.255 e. The Hall–Kier alpha value is 0.460. The Morgan fingerprint density at radius 2 is 0.648 bits per heavy atom. The van der Waals surface area contributed by atoms with Crippen LogP contribution in [-0.4, -0.2) is 84.0 Å². The van der Waals surface area contributed by atoms with E-state index in [2.05, 4.69) is 75.7 Å². The van der Waals surface area contributed by atoms with Gasteiger partial charge in [-0.05, 0) is 131 Å². The third kappa shape index (κ3) is 21.3. The third-order valence-electron chi connectivity index (χ3n) is 17.5. The standard InChI is InChI=1S/C59H114N4O6P2/c1-55(2)43-51(44-56(3,4)62(55)68-53-37-29-25-30-38-53)35-27-21-17-13-9-11-15-19-23-33-41-60-70-64-47-59(48-65-70)49-66-71(67-50-59)61-42-34-24-20-16-12-10-14-18-22-28-36-52-45-57(5,6)63(58(7,8)46-52)69-54-39-31-26-32-40-54/h51-54,60-61H,9-50H2,1-8H3. The van der Waals surface area contributed by atoms with Crippen LogP contribution >= 0.6 is 17.1 Å². The summed E-state index contributed by atoms with van der Waals surface area (Å²) in [5.74, 6) is 1.64. The lowest BCUT2D eigenvalue weighted by Gasteiger charge is -2.55. The molecular formula is C59H114N4O6P2. The van der Waals surface area contributed by atoms with Crippen molar-refractivity contribution in [1.82, 2.24) is 20.3 Å². The number of rotatable bonds is 32. The maximum absolute atomic E-state index is 6.73. The van der Waals surface area contributed by atoms with Crippen LogP contribution < -0.4 is 10.2 Å². The Morgan fingerprint density at radius 3 is 0.944 bits per heavy atom. The lowest BCUT2D eigenvalue weighted by atomic mass is 9.73. The second kappa shape index (κ2) is 31.2. The van der Waals surface area contributed by atoms with Crippen LogP contribution in [0.4, 0.5) is 0 Å². The number of hydroxylamine groups is 4. The molecule has 6 aliphatic rings. The topological polar surface area (TPSA) is 85.9 Å². The van der Waals surface area contributed by atoms with Gasteiger partial charge in [-0.2, -0.15) is 10.1 Å². The van der Waals surface area contributed by atoms with Gasteiger partial charge < -0.3 is 18.1 Å². The third-order valence-corrected chi connectivity index (χ3v) is 19.9. The molecule has 71 heavy (non-hydrogen) atoms. The van der Waals surface area contributed by atoms with Crippen molar-refractivity contribution in [2.45, 2.75) is 321 Å². The van der Waals surface area contributed by atoms with Gasteiger partial charge in [-0.3, -0.25) is 19.8 Å². The van der Waals surface area contributed by atoms with Crippen LogP contribution in [0.3, 0.4) is 0 Å². The number of unbranched alkanes of at least 4 members (excludes halogenated alkanes) is 18. The molecule has 6 fully saturated rings. The molecule has 4 saturated heterocycles. The molecule has 0 bridgehead atoms. The van der Waals surface area contributed by atoms with E-state index < -0.39 is 17.1 Å². The monoisotopic (exact) mass is 1040 g/mol. The van der Waals surface area contributed by atoms with Crippen LogP contribution in [0.5, 0.6) is 0 Å². The van der Waals surface area contributed by atoms with Crippen molar-refractivity contribution >= 4 is 17.1 Å². The van der Waals surface area contributed by atoms with Crippen LogP contribution in [0.15, 0.2) is 0 Å². The number of nitrogens with zero attached hydrogens (tertiary/aromatic N) is 2. The van der Waals surface area contributed by atoms with Crippen LogP contribution in [0.25, 0.3) is 0 Å². The smallest absolute Gasteiger partial charge is 0.255 e. The largest absolute Gasteiger partial charge is 0.321 e. The summed E-state index contributed by atoms with van der Waals surface area (Å²) in [6, 6.07) is 0. The summed E-state index contributed by atoms with van der Waals surface area (Å²) in [4.78, 5) is 13.5. The van der Waals surface area contributed by atoms with Crippen molar-refractivity contribution in [2.24, 2.45) is 17.3 Å². The first kappa shape index (κ1) is 60.7. The Labute approximate surface area is 441 Å². The molecule has 0 atom stereocenters. The van der Waals surface area contributed by atoms with E-state index in [4.69, 9.17) is 27.8 Å². The summed E-state index contributed by atoms with van der Waals surface area (Å²) in [7, 11) is -2.02. The first-order chi connectivity index (χ1) is 34.1. The second-order valence-corrected chi connectivity index (χ2v) is 29.4. The summed E-state index contributed by atoms with van der Waals surface area (Å²) in [6.45, 7) is 23.9. The first-order valence-electron chi connectivity index (χ1n) is 30.7. The molecule has 0 amide bonds. The molecule has 4 heterocycles. The van der Waals surface area contributed by atoms with Gasteiger partial charge in [0.25, 0.3) is 17.1 Å². The summed E-state index contributed by atoms with van der Waals surface area (Å²) in [6.07, 6.45) is 48.8. The predicted molar refractivity (Wildman–Crippen MR) is 299 cm³/mol. The average molecular weight is 1040 g/mol. The van der Waals surface area contributed by atoms with Gasteiger partial charge in [0, 0.05) is 35.2 Å². The quantitative estimate of drug-likeness (QED) is 0.0502. The van der Waals surface area contributed by atoms with E-state index in [9.17, 15) is 0 Å². The van der Waals surface area contributed by atoms with Crippen LogP contribution in [0.2, 0.25) is 0 Å². The fraction of sp³-hybridized carbons (Fsp3) is 1.00. The molecule has 0 aromatic rings.